The maximum Gasteiger partial charge on any atom is 0.134 e. The van der Waals surface area contributed by atoms with E-state index >= 15 is 0 Å². The van der Waals surface area contributed by atoms with Crippen LogP contribution < -0.4 is 5.32 Å². The molecule has 1 atom stereocenters. The van der Waals surface area contributed by atoms with Crippen LogP contribution in [0.3, 0.4) is 0 Å². The van der Waals surface area contributed by atoms with Gasteiger partial charge in [0.25, 0.3) is 0 Å². The average molecular weight is 308 g/mol. The Morgan fingerprint density at radius 3 is 2.85 bits per heavy atom. The van der Waals surface area contributed by atoms with E-state index < -0.39 is 6.10 Å². The molecule has 3 rings (SSSR count). The molecule has 3 aromatic rings. The highest BCUT2D eigenvalue weighted by Gasteiger charge is 2.10. The fourth-order valence-electron chi connectivity index (χ4n) is 2.06. The highest BCUT2D eigenvalue weighted by atomic mass is 35.5. The van der Waals surface area contributed by atoms with Crippen LogP contribution in [0.1, 0.15) is 16.7 Å². The second kappa shape index (κ2) is 5.97. The van der Waals surface area contributed by atoms with Crippen molar-refractivity contribution in [3.05, 3.63) is 57.4 Å². The van der Waals surface area contributed by atoms with E-state index in [4.69, 9.17) is 16.0 Å². The predicted molar refractivity (Wildman–Crippen MR) is 82.2 cm³/mol. The first-order chi connectivity index (χ1) is 9.72. The van der Waals surface area contributed by atoms with Crippen LogP contribution in [0.25, 0.3) is 11.0 Å². The summed E-state index contributed by atoms with van der Waals surface area (Å²) in [6.45, 7) is 1.05. The Morgan fingerprint density at radius 1 is 1.25 bits per heavy atom. The highest BCUT2D eigenvalue weighted by molar-refractivity contribution is 7.16. The molecule has 0 aliphatic carbocycles. The maximum atomic E-state index is 10.0. The molecular weight excluding hydrogens is 294 g/mol. The van der Waals surface area contributed by atoms with Gasteiger partial charge in [-0.2, -0.15) is 0 Å². The van der Waals surface area contributed by atoms with Crippen molar-refractivity contribution in [1.82, 2.24) is 5.32 Å². The van der Waals surface area contributed by atoms with Crippen LogP contribution in [-0.4, -0.2) is 11.7 Å². The van der Waals surface area contributed by atoms with Gasteiger partial charge in [0.2, 0.25) is 0 Å². The minimum absolute atomic E-state index is 0.466. The number of halogens is 1. The topological polar surface area (TPSA) is 45.4 Å². The van der Waals surface area contributed by atoms with Gasteiger partial charge in [0.1, 0.15) is 17.4 Å². The molecule has 0 aliphatic rings. The number of aliphatic hydroxyl groups is 1. The molecule has 2 N–H and O–H groups in total. The van der Waals surface area contributed by atoms with Gasteiger partial charge in [0.05, 0.1) is 10.9 Å². The van der Waals surface area contributed by atoms with E-state index in [-0.39, 0.29) is 0 Å². The second-order valence-corrected chi connectivity index (χ2v) is 6.29. The van der Waals surface area contributed by atoms with Gasteiger partial charge < -0.3 is 14.8 Å². The van der Waals surface area contributed by atoms with Gasteiger partial charge in [-0.1, -0.05) is 29.8 Å². The van der Waals surface area contributed by atoms with Gasteiger partial charge >= 0.3 is 0 Å². The van der Waals surface area contributed by atoms with E-state index in [9.17, 15) is 5.11 Å². The summed E-state index contributed by atoms with van der Waals surface area (Å²) >= 11 is 7.25. The minimum atomic E-state index is -0.545. The number of hydrogen-bond donors (Lipinski definition) is 2. The number of aliphatic hydroxyl groups excluding tert-OH is 1. The van der Waals surface area contributed by atoms with Gasteiger partial charge in [0.15, 0.2) is 0 Å². The van der Waals surface area contributed by atoms with E-state index in [1.165, 1.54) is 11.3 Å². The molecule has 0 saturated heterocycles. The summed E-state index contributed by atoms with van der Waals surface area (Å²) in [7, 11) is 0. The largest absolute Gasteiger partial charge is 0.460 e. The maximum absolute atomic E-state index is 10.0. The summed E-state index contributed by atoms with van der Waals surface area (Å²) < 4.78 is 6.39. The lowest BCUT2D eigenvalue weighted by Crippen LogP contribution is -2.20. The Labute approximate surface area is 125 Å². The molecule has 2 heterocycles. The van der Waals surface area contributed by atoms with Crippen LogP contribution in [0.15, 0.2) is 46.9 Å². The first-order valence-corrected chi connectivity index (χ1v) is 7.53. The van der Waals surface area contributed by atoms with E-state index in [1.807, 2.05) is 36.4 Å². The van der Waals surface area contributed by atoms with Crippen LogP contribution in [0.5, 0.6) is 0 Å². The smallest absolute Gasteiger partial charge is 0.134 e. The molecule has 0 amide bonds. The van der Waals surface area contributed by atoms with Gasteiger partial charge in [-0.05, 0) is 24.3 Å². The molecule has 1 aromatic carbocycles. The highest BCUT2D eigenvalue weighted by Crippen LogP contribution is 2.26. The first kappa shape index (κ1) is 13.6. The van der Waals surface area contributed by atoms with Crippen LogP contribution in [0.2, 0.25) is 4.34 Å². The normalized spacial score (nSPS) is 12.9. The standard InChI is InChI=1S/C15H14ClNO2S/c16-15-6-5-14(20-15)12(18)9-17-8-11-7-10-3-1-2-4-13(10)19-11/h1-7,12,17-18H,8-9H2. The van der Waals surface area contributed by atoms with Gasteiger partial charge in [-0.25, -0.2) is 0 Å². The van der Waals surface area contributed by atoms with Crippen molar-refractivity contribution in [2.45, 2.75) is 12.6 Å². The Morgan fingerprint density at radius 2 is 2.10 bits per heavy atom. The molecule has 5 heteroatoms. The summed E-state index contributed by atoms with van der Waals surface area (Å²) in [6, 6.07) is 13.6. The fraction of sp³-hybridized carbons (Fsp3) is 0.200. The number of hydrogen-bond acceptors (Lipinski definition) is 4. The molecular formula is C15H14ClNO2S. The Balaban J connectivity index is 1.57. The fourth-order valence-corrected chi connectivity index (χ4v) is 3.11. The molecule has 2 aromatic heterocycles. The van der Waals surface area contributed by atoms with Crippen molar-refractivity contribution in [2.75, 3.05) is 6.54 Å². The Kier molecular flexibility index (Phi) is 4.08. The van der Waals surface area contributed by atoms with Gasteiger partial charge in [-0.15, -0.1) is 11.3 Å². The number of benzene rings is 1. The summed E-state index contributed by atoms with van der Waals surface area (Å²) in [5.41, 5.74) is 0.884. The van der Waals surface area contributed by atoms with Crippen molar-refractivity contribution >= 4 is 33.9 Å². The number of nitrogens with one attached hydrogen (secondary N) is 1. The monoisotopic (exact) mass is 307 g/mol. The second-order valence-electron chi connectivity index (χ2n) is 4.54. The van der Waals surface area contributed by atoms with Crippen LogP contribution in [0, 0.1) is 0 Å². The van der Waals surface area contributed by atoms with E-state index in [0.29, 0.717) is 17.4 Å². The molecule has 20 heavy (non-hydrogen) atoms. The summed E-state index contributed by atoms with van der Waals surface area (Å²) in [4.78, 5) is 0.868. The van der Waals surface area contributed by atoms with E-state index in [1.54, 1.807) is 6.07 Å². The van der Waals surface area contributed by atoms with Gasteiger partial charge in [-0.3, -0.25) is 0 Å². The molecule has 0 saturated carbocycles. The predicted octanol–water partition coefficient (Wildman–Crippen LogP) is 3.97. The lowest BCUT2D eigenvalue weighted by molar-refractivity contribution is 0.177. The zero-order chi connectivity index (χ0) is 13.9. The number of para-hydroxylation sites is 1. The Hall–Kier alpha value is -1.33. The third-order valence-electron chi connectivity index (χ3n) is 3.04. The zero-order valence-corrected chi connectivity index (χ0v) is 12.2. The lowest BCUT2D eigenvalue weighted by atomic mass is 10.2. The van der Waals surface area contributed by atoms with Gasteiger partial charge in [0, 0.05) is 16.8 Å². The summed E-state index contributed by atoms with van der Waals surface area (Å²) in [6.07, 6.45) is -0.545. The van der Waals surface area contributed by atoms with Crippen molar-refractivity contribution in [2.24, 2.45) is 0 Å². The number of thiophene rings is 1. The third-order valence-corrected chi connectivity index (χ3v) is 4.37. The molecule has 104 valence electrons. The number of furan rings is 1. The molecule has 0 fully saturated rings. The van der Waals surface area contributed by atoms with Crippen molar-refractivity contribution in [3.8, 4) is 0 Å². The molecule has 0 spiro atoms. The molecule has 3 nitrogen and oxygen atoms in total. The van der Waals surface area contributed by atoms with Crippen LogP contribution in [0.4, 0.5) is 0 Å². The quantitative estimate of drug-likeness (QED) is 0.749. The SMILES string of the molecule is OC(CNCc1cc2ccccc2o1)c1ccc(Cl)s1. The van der Waals surface area contributed by atoms with Crippen molar-refractivity contribution in [3.63, 3.8) is 0 Å². The van der Waals surface area contributed by atoms with Crippen molar-refractivity contribution in [1.29, 1.82) is 0 Å². The number of rotatable bonds is 5. The molecule has 0 aliphatic heterocycles. The average Bonchev–Trinajstić information content (AvgIpc) is 3.04. The minimum Gasteiger partial charge on any atom is -0.460 e. The first-order valence-electron chi connectivity index (χ1n) is 6.34. The summed E-state index contributed by atoms with van der Waals surface area (Å²) in [5, 5.41) is 14.3. The molecule has 1 unspecified atom stereocenters. The van der Waals surface area contributed by atoms with Crippen LogP contribution in [-0.2, 0) is 6.54 Å². The van der Waals surface area contributed by atoms with Crippen molar-refractivity contribution < 1.29 is 9.52 Å². The lowest BCUT2D eigenvalue weighted by Gasteiger charge is -2.08. The van der Waals surface area contributed by atoms with Crippen LogP contribution >= 0.6 is 22.9 Å². The molecule has 0 radical (unpaired) electrons. The number of fused-ring (bicyclic) bond motifs is 1. The Bertz CT molecular complexity index is 674. The third kappa shape index (κ3) is 3.04. The summed E-state index contributed by atoms with van der Waals surface area (Å²) in [5.74, 6) is 0.864. The molecule has 0 bridgehead atoms. The van der Waals surface area contributed by atoms with E-state index in [2.05, 4.69) is 5.32 Å². The zero-order valence-electron chi connectivity index (χ0n) is 10.7. The van der Waals surface area contributed by atoms with E-state index in [0.717, 1.165) is 21.6 Å².